The number of fused-ring (bicyclic) bond motifs is 1. The van der Waals surface area contributed by atoms with E-state index in [2.05, 4.69) is 30.3 Å². The molecule has 0 aliphatic carbocycles. The molecule has 0 bridgehead atoms. The fourth-order valence-corrected chi connectivity index (χ4v) is 3.18. The summed E-state index contributed by atoms with van der Waals surface area (Å²) in [5.74, 6) is 1.78. The summed E-state index contributed by atoms with van der Waals surface area (Å²) in [5.41, 5.74) is 4.76. The maximum atomic E-state index is 5.76. The van der Waals surface area contributed by atoms with Crippen molar-refractivity contribution in [1.82, 2.24) is 10.4 Å². The molecule has 0 spiro atoms. The van der Waals surface area contributed by atoms with E-state index in [1.165, 1.54) is 24.8 Å². The van der Waals surface area contributed by atoms with E-state index < -0.39 is 0 Å². The Kier molecular flexibility index (Phi) is 4.13. The number of nitrogens with zero attached hydrogens (tertiary/aromatic N) is 1. The van der Waals surface area contributed by atoms with E-state index in [-0.39, 0.29) is 0 Å². The van der Waals surface area contributed by atoms with Crippen LogP contribution in [0.1, 0.15) is 38.7 Å². The van der Waals surface area contributed by atoms with Gasteiger partial charge in [0.1, 0.15) is 13.2 Å². The minimum absolute atomic E-state index is 0.593. The Morgan fingerprint density at radius 1 is 1.15 bits per heavy atom. The van der Waals surface area contributed by atoms with Crippen molar-refractivity contribution < 1.29 is 9.47 Å². The van der Waals surface area contributed by atoms with Crippen molar-refractivity contribution in [3.8, 4) is 11.5 Å². The zero-order valence-electron chi connectivity index (χ0n) is 12.4. The van der Waals surface area contributed by atoms with Crippen molar-refractivity contribution in [3.63, 3.8) is 0 Å². The number of rotatable bonds is 3. The van der Waals surface area contributed by atoms with Crippen molar-refractivity contribution in [3.05, 3.63) is 23.8 Å². The van der Waals surface area contributed by atoms with Crippen LogP contribution in [-0.4, -0.2) is 30.3 Å². The minimum Gasteiger partial charge on any atom is -0.486 e. The normalized spacial score (nSPS) is 26.5. The second-order valence-electron chi connectivity index (χ2n) is 5.81. The molecule has 1 saturated heterocycles. The predicted molar refractivity (Wildman–Crippen MR) is 78.9 cm³/mol. The highest BCUT2D eigenvalue weighted by Crippen LogP contribution is 2.33. The highest BCUT2D eigenvalue weighted by Gasteiger charge is 2.25. The number of piperidine rings is 1. The molecule has 0 aromatic heterocycles. The molecule has 1 fully saturated rings. The van der Waals surface area contributed by atoms with Crippen LogP contribution < -0.4 is 14.9 Å². The Hall–Kier alpha value is -1.26. The summed E-state index contributed by atoms with van der Waals surface area (Å²) < 4.78 is 11.4. The number of ether oxygens (including phenoxy) is 2. The summed E-state index contributed by atoms with van der Waals surface area (Å²) >= 11 is 0. The summed E-state index contributed by atoms with van der Waals surface area (Å²) in [4.78, 5) is 0. The predicted octanol–water partition coefficient (Wildman–Crippen LogP) is 2.73. The number of hydrazine groups is 1. The highest BCUT2D eigenvalue weighted by atomic mass is 16.6. The second-order valence-corrected chi connectivity index (χ2v) is 5.81. The Morgan fingerprint density at radius 2 is 1.90 bits per heavy atom. The first-order valence-electron chi connectivity index (χ1n) is 7.65. The van der Waals surface area contributed by atoms with Gasteiger partial charge in [0.15, 0.2) is 11.5 Å². The quantitative estimate of drug-likeness (QED) is 0.920. The van der Waals surface area contributed by atoms with E-state index in [9.17, 15) is 0 Å². The lowest BCUT2D eigenvalue weighted by Crippen LogP contribution is -2.51. The van der Waals surface area contributed by atoms with E-state index in [0.717, 1.165) is 18.0 Å². The smallest absolute Gasteiger partial charge is 0.165 e. The first-order valence-corrected chi connectivity index (χ1v) is 7.65. The fourth-order valence-electron chi connectivity index (χ4n) is 3.18. The standard InChI is InChI=1S/C16H24N2O2/c1-12-5-3-6-13(2)18(12)17-11-14-7-4-8-15-16(14)20-10-9-19-15/h4,7-8,12-13,17H,3,5-6,9-11H2,1-2H3. The lowest BCUT2D eigenvalue weighted by atomic mass is 10.00. The Labute approximate surface area is 121 Å². The molecule has 2 atom stereocenters. The third kappa shape index (κ3) is 2.76. The summed E-state index contributed by atoms with van der Waals surface area (Å²) in [7, 11) is 0. The van der Waals surface area contributed by atoms with E-state index in [1.807, 2.05) is 12.1 Å². The zero-order chi connectivity index (χ0) is 13.9. The van der Waals surface area contributed by atoms with Crippen molar-refractivity contribution >= 4 is 0 Å². The molecular formula is C16H24N2O2. The van der Waals surface area contributed by atoms with Crippen LogP contribution in [0.2, 0.25) is 0 Å². The van der Waals surface area contributed by atoms with E-state index in [0.29, 0.717) is 25.3 Å². The van der Waals surface area contributed by atoms with Crippen molar-refractivity contribution in [2.24, 2.45) is 0 Å². The van der Waals surface area contributed by atoms with Gasteiger partial charge in [0, 0.05) is 24.2 Å². The van der Waals surface area contributed by atoms with Gasteiger partial charge in [-0.05, 0) is 32.8 Å². The van der Waals surface area contributed by atoms with Crippen LogP contribution in [0.15, 0.2) is 18.2 Å². The van der Waals surface area contributed by atoms with Gasteiger partial charge in [-0.15, -0.1) is 0 Å². The number of hydrogen-bond donors (Lipinski definition) is 1. The van der Waals surface area contributed by atoms with Gasteiger partial charge in [0.2, 0.25) is 0 Å². The molecule has 2 aliphatic heterocycles. The molecule has 3 rings (SSSR count). The first kappa shape index (κ1) is 13.7. The van der Waals surface area contributed by atoms with Gasteiger partial charge in [-0.1, -0.05) is 18.6 Å². The minimum atomic E-state index is 0.593. The van der Waals surface area contributed by atoms with Crippen LogP contribution in [0.3, 0.4) is 0 Å². The number of nitrogens with one attached hydrogen (secondary N) is 1. The molecule has 4 nitrogen and oxygen atoms in total. The van der Waals surface area contributed by atoms with Crippen LogP contribution in [0.5, 0.6) is 11.5 Å². The van der Waals surface area contributed by atoms with E-state index >= 15 is 0 Å². The molecule has 4 heteroatoms. The molecular weight excluding hydrogens is 252 g/mol. The van der Waals surface area contributed by atoms with Crippen LogP contribution in [0.4, 0.5) is 0 Å². The third-order valence-corrected chi connectivity index (χ3v) is 4.29. The maximum Gasteiger partial charge on any atom is 0.165 e. The summed E-state index contributed by atoms with van der Waals surface area (Å²) in [5, 5.41) is 2.40. The molecule has 110 valence electrons. The lowest BCUT2D eigenvalue weighted by molar-refractivity contribution is 0.0429. The molecule has 2 aliphatic rings. The molecule has 1 N–H and O–H groups in total. The van der Waals surface area contributed by atoms with Gasteiger partial charge in [0.05, 0.1) is 0 Å². The summed E-state index contributed by atoms with van der Waals surface area (Å²) in [6.45, 7) is 6.66. The average Bonchev–Trinajstić information content (AvgIpc) is 2.47. The van der Waals surface area contributed by atoms with E-state index in [4.69, 9.17) is 9.47 Å². The lowest BCUT2D eigenvalue weighted by Gasteiger charge is -2.39. The SMILES string of the molecule is CC1CCCC(C)N1NCc1cccc2c1OCCO2. The maximum absolute atomic E-state index is 5.76. The van der Waals surface area contributed by atoms with Crippen LogP contribution in [-0.2, 0) is 6.54 Å². The fraction of sp³-hybridized carbons (Fsp3) is 0.625. The second kappa shape index (κ2) is 6.02. The molecule has 0 amide bonds. The molecule has 0 radical (unpaired) electrons. The Balaban J connectivity index is 1.69. The Morgan fingerprint density at radius 3 is 2.70 bits per heavy atom. The summed E-state index contributed by atoms with van der Waals surface area (Å²) in [6, 6.07) is 7.31. The van der Waals surface area contributed by atoms with Crippen molar-refractivity contribution in [2.75, 3.05) is 13.2 Å². The molecule has 2 heterocycles. The van der Waals surface area contributed by atoms with Crippen LogP contribution >= 0.6 is 0 Å². The van der Waals surface area contributed by atoms with Gasteiger partial charge >= 0.3 is 0 Å². The van der Waals surface area contributed by atoms with Gasteiger partial charge < -0.3 is 9.47 Å². The number of para-hydroxylation sites is 1. The van der Waals surface area contributed by atoms with Gasteiger partial charge in [-0.2, -0.15) is 0 Å². The van der Waals surface area contributed by atoms with Crippen LogP contribution in [0.25, 0.3) is 0 Å². The molecule has 1 aromatic carbocycles. The van der Waals surface area contributed by atoms with Crippen molar-refractivity contribution in [1.29, 1.82) is 0 Å². The average molecular weight is 276 g/mol. The molecule has 20 heavy (non-hydrogen) atoms. The Bertz CT molecular complexity index is 454. The van der Waals surface area contributed by atoms with Gasteiger partial charge in [0.25, 0.3) is 0 Å². The molecule has 0 saturated carbocycles. The molecule has 1 aromatic rings. The molecule has 2 unspecified atom stereocenters. The monoisotopic (exact) mass is 276 g/mol. The number of benzene rings is 1. The van der Waals surface area contributed by atoms with Gasteiger partial charge in [-0.3, -0.25) is 5.43 Å². The zero-order valence-corrected chi connectivity index (χ0v) is 12.4. The van der Waals surface area contributed by atoms with E-state index in [1.54, 1.807) is 0 Å². The van der Waals surface area contributed by atoms with Gasteiger partial charge in [-0.25, -0.2) is 5.01 Å². The number of hydrogen-bond acceptors (Lipinski definition) is 4. The van der Waals surface area contributed by atoms with Crippen molar-refractivity contribution in [2.45, 2.75) is 51.7 Å². The topological polar surface area (TPSA) is 33.7 Å². The largest absolute Gasteiger partial charge is 0.486 e. The first-order chi connectivity index (χ1) is 9.75. The van der Waals surface area contributed by atoms with Crippen LogP contribution in [0, 0.1) is 0 Å². The third-order valence-electron chi connectivity index (χ3n) is 4.29. The summed E-state index contributed by atoms with van der Waals surface area (Å²) in [6.07, 6.45) is 3.87. The highest BCUT2D eigenvalue weighted by molar-refractivity contribution is 5.47.